The quantitative estimate of drug-likeness (QED) is 0.601. The van der Waals surface area contributed by atoms with Gasteiger partial charge in [0, 0.05) is 11.4 Å². The monoisotopic (exact) mass is 424 g/mol. The first kappa shape index (κ1) is 22.1. The molecule has 0 spiro atoms. The minimum Gasteiger partial charge on any atom is -0.448 e. The Hall–Kier alpha value is -2.23. The zero-order chi connectivity index (χ0) is 20.7. The second-order valence-electron chi connectivity index (χ2n) is 6.37. The van der Waals surface area contributed by atoms with E-state index in [0.29, 0.717) is 11.3 Å². The molecule has 1 amide bonds. The number of carbonyl (C=O) groups excluding carboxylic acids is 2. The van der Waals surface area contributed by atoms with Crippen LogP contribution in [0.1, 0.15) is 40.0 Å². The predicted molar refractivity (Wildman–Crippen MR) is 109 cm³/mol. The van der Waals surface area contributed by atoms with Crippen molar-refractivity contribution in [3.8, 4) is 0 Å². The number of sulfonamides is 1. The molecule has 0 radical (unpaired) electrons. The highest BCUT2D eigenvalue weighted by molar-refractivity contribution is 7.88. The van der Waals surface area contributed by atoms with Gasteiger partial charge < -0.3 is 10.1 Å². The molecule has 2 unspecified atom stereocenters. The summed E-state index contributed by atoms with van der Waals surface area (Å²) in [7, 11) is -3.24. The number of hydrogen-bond acceptors (Lipinski definition) is 6. The molecule has 0 saturated heterocycles. The Morgan fingerprint density at radius 3 is 2.43 bits per heavy atom. The van der Waals surface area contributed by atoms with Gasteiger partial charge in [0.15, 0.2) is 6.10 Å². The van der Waals surface area contributed by atoms with Crippen molar-refractivity contribution >= 4 is 33.2 Å². The Labute approximate surface area is 169 Å². The summed E-state index contributed by atoms with van der Waals surface area (Å²) in [6.07, 6.45) is 0.626. The van der Waals surface area contributed by atoms with Gasteiger partial charge in [-0.1, -0.05) is 30.3 Å². The molecule has 1 aromatic carbocycles. The largest absolute Gasteiger partial charge is 0.448 e. The number of hydrogen-bond donors (Lipinski definition) is 2. The molecule has 2 N–H and O–H groups in total. The maximum absolute atomic E-state index is 12.3. The number of thiophene rings is 1. The zero-order valence-corrected chi connectivity index (χ0v) is 17.6. The summed E-state index contributed by atoms with van der Waals surface area (Å²) in [5.74, 6) is -0.957. The fourth-order valence-corrected chi connectivity index (χ4v) is 3.77. The van der Waals surface area contributed by atoms with E-state index in [2.05, 4.69) is 10.0 Å². The van der Waals surface area contributed by atoms with E-state index >= 15 is 0 Å². The molecule has 0 aliphatic carbocycles. The van der Waals surface area contributed by atoms with Gasteiger partial charge in [0.2, 0.25) is 10.0 Å². The van der Waals surface area contributed by atoms with Crippen LogP contribution in [0.2, 0.25) is 0 Å². The Kier molecular flexibility index (Phi) is 7.73. The van der Waals surface area contributed by atoms with Gasteiger partial charge >= 0.3 is 5.97 Å². The summed E-state index contributed by atoms with van der Waals surface area (Å²) < 4.78 is 29.8. The van der Waals surface area contributed by atoms with Crippen LogP contribution in [0.4, 0.5) is 0 Å². The Morgan fingerprint density at radius 2 is 1.79 bits per heavy atom. The molecule has 152 valence electrons. The SMILES string of the molecule is CC(OC(=O)c1ccc(CCNS(C)(=O)=O)s1)C(=O)NC(C)c1ccccc1. The Bertz CT molecular complexity index is 909. The van der Waals surface area contributed by atoms with Gasteiger partial charge in [-0.3, -0.25) is 4.79 Å². The first-order chi connectivity index (χ1) is 13.2. The van der Waals surface area contributed by atoms with E-state index in [1.165, 1.54) is 18.3 Å². The van der Waals surface area contributed by atoms with Crippen molar-refractivity contribution in [2.45, 2.75) is 32.4 Å². The third-order valence-corrected chi connectivity index (χ3v) is 5.76. The standard InChI is InChI=1S/C19H24N2O5S2/c1-13(15-7-5-4-6-8-15)21-18(22)14(2)26-19(23)17-10-9-16(27-17)11-12-20-28(3,24)25/h4-10,13-14,20H,11-12H2,1-3H3,(H,21,22). The van der Waals surface area contributed by atoms with Crippen LogP contribution in [0.25, 0.3) is 0 Å². The highest BCUT2D eigenvalue weighted by Crippen LogP contribution is 2.19. The molecule has 9 heteroatoms. The highest BCUT2D eigenvalue weighted by Gasteiger charge is 2.21. The molecule has 2 aromatic rings. The van der Waals surface area contributed by atoms with Crippen molar-refractivity contribution in [3.05, 3.63) is 57.8 Å². The molecule has 0 fully saturated rings. The third kappa shape index (κ3) is 7.06. The molecule has 0 bridgehead atoms. The Morgan fingerprint density at radius 1 is 1.11 bits per heavy atom. The lowest BCUT2D eigenvalue weighted by molar-refractivity contribution is -0.129. The molecular formula is C19H24N2O5S2. The van der Waals surface area contributed by atoms with Gasteiger partial charge in [0.1, 0.15) is 4.88 Å². The van der Waals surface area contributed by atoms with E-state index < -0.39 is 22.1 Å². The number of rotatable bonds is 9. The van der Waals surface area contributed by atoms with E-state index in [4.69, 9.17) is 4.74 Å². The van der Waals surface area contributed by atoms with Gasteiger partial charge in [-0.25, -0.2) is 17.9 Å². The molecule has 1 aromatic heterocycles. The number of carbonyl (C=O) groups is 2. The van der Waals surface area contributed by atoms with E-state index in [1.807, 2.05) is 37.3 Å². The summed E-state index contributed by atoms with van der Waals surface area (Å²) in [6, 6.07) is 12.6. The Balaban J connectivity index is 1.85. The number of amides is 1. The van der Waals surface area contributed by atoms with E-state index in [0.717, 1.165) is 16.7 Å². The summed E-state index contributed by atoms with van der Waals surface area (Å²) in [4.78, 5) is 25.8. The van der Waals surface area contributed by atoms with Gasteiger partial charge in [0.25, 0.3) is 5.91 Å². The summed E-state index contributed by atoms with van der Waals surface area (Å²) in [5, 5.41) is 2.82. The number of nitrogens with one attached hydrogen (secondary N) is 2. The van der Waals surface area contributed by atoms with Crippen LogP contribution >= 0.6 is 11.3 Å². The first-order valence-corrected chi connectivity index (χ1v) is 11.5. The van der Waals surface area contributed by atoms with E-state index in [1.54, 1.807) is 12.1 Å². The molecule has 2 atom stereocenters. The van der Waals surface area contributed by atoms with Crippen molar-refractivity contribution in [3.63, 3.8) is 0 Å². The minimum atomic E-state index is -3.24. The fraction of sp³-hybridized carbons (Fsp3) is 0.368. The lowest BCUT2D eigenvalue weighted by atomic mass is 10.1. The minimum absolute atomic E-state index is 0.203. The van der Waals surface area contributed by atoms with Crippen molar-refractivity contribution in [2.24, 2.45) is 0 Å². The maximum Gasteiger partial charge on any atom is 0.349 e. The van der Waals surface area contributed by atoms with Gasteiger partial charge in [0.05, 0.1) is 12.3 Å². The van der Waals surface area contributed by atoms with Gasteiger partial charge in [-0.15, -0.1) is 11.3 Å². The molecule has 7 nitrogen and oxygen atoms in total. The van der Waals surface area contributed by atoms with E-state index in [9.17, 15) is 18.0 Å². The second kappa shape index (κ2) is 9.81. The van der Waals surface area contributed by atoms with Gasteiger partial charge in [-0.05, 0) is 38.0 Å². The third-order valence-electron chi connectivity index (χ3n) is 3.91. The molecule has 28 heavy (non-hydrogen) atoms. The predicted octanol–water partition coefficient (Wildman–Crippen LogP) is 2.26. The van der Waals surface area contributed by atoms with Crippen LogP contribution in [-0.2, 0) is 26.0 Å². The molecule has 0 aliphatic rings. The molecule has 2 rings (SSSR count). The van der Waals surface area contributed by atoms with Crippen LogP contribution < -0.4 is 10.0 Å². The van der Waals surface area contributed by atoms with Crippen molar-refractivity contribution in [1.29, 1.82) is 0 Å². The molecular weight excluding hydrogens is 400 g/mol. The maximum atomic E-state index is 12.3. The topological polar surface area (TPSA) is 102 Å². The average Bonchev–Trinajstić information content (AvgIpc) is 3.10. The van der Waals surface area contributed by atoms with Crippen LogP contribution in [0, 0.1) is 0 Å². The average molecular weight is 425 g/mol. The van der Waals surface area contributed by atoms with Crippen LogP contribution in [0.5, 0.6) is 0 Å². The zero-order valence-electron chi connectivity index (χ0n) is 16.0. The van der Waals surface area contributed by atoms with Crippen LogP contribution in [0.3, 0.4) is 0 Å². The summed E-state index contributed by atoms with van der Waals surface area (Å²) in [5.41, 5.74) is 0.958. The highest BCUT2D eigenvalue weighted by atomic mass is 32.2. The number of benzene rings is 1. The van der Waals surface area contributed by atoms with Crippen molar-refractivity contribution in [1.82, 2.24) is 10.0 Å². The van der Waals surface area contributed by atoms with Crippen LogP contribution in [-0.4, -0.2) is 39.2 Å². The van der Waals surface area contributed by atoms with Crippen molar-refractivity contribution in [2.75, 3.05) is 12.8 Å². The molecule has 0 aliphatic heterocycles. The van der Waals surface area contributed by atoms with Crippen molar-refractivity contribution < 1.29 is 22.7 Å². The lowest BCUT2D eigenvalue weighted by Crippen LogP contribution is -2.37. The second-order valence-corrected chi connectivity index (χ2v) is 9.37. The lowest BCUT2D eigenvalue weighted by Gasteiger charge is -2.18. The molecule has 1 heterocycles. The first-order valence-electron chi connectivity index (χ1n) is 8.75. The fourth-order valence-electron chi connectivity index (χ4n) is 2.41. The summed E-state index contributed by atoms with van der Waals surface area (Å²) in [6.45, 7) is 3.64. The number of esters is 1. The van der Waals surface area contributed by atoms with E-state index in [-0.39, 0.29) is 18.5 Å². The van der Waals surface area contributed by atoms with Crippen LogP contribution in [0.15, 0.2) is 42.5 Å². The van der Waals surface area contributed by atoms with Gasteiger partial charge in [-0.2, -0.15) is 0 Å². The normalized spacial score (nSPS) is 13.5. The summed E-state index contributed by atoms with van der Waals surface area (Å²) >= 11 is 1.21. The smallest absolute Gasteiger partial charge is 0.349 e. The number of ether oxygens (including phenoxy) is 1. The molecule has 0 saturated carbocycles.